The summed E-state index contributed by atoms with van der Waals surface area (Å²) in [5.41, 5.74) is 4.37. The minimum absolute atomic E-state index is 0.160. The van der Waals surface area contributed by atoms with Gasteiger partial charge in [0.05, 0.1) is 0 Å². The Morgan fingerprint density at radius 3 is 2.32 bits per heavy atom. The van der Waals surface area contributed by atoms with E-state index < -0.39 is 0 Å². The first-order chi connectivity index (χ1) is 9.00. The minimum atomic E-state index is 0.160. The summed E-state index contributed by atoms with van der Waals surface area (Å²) in [7, 11) is 0. The van der Waals surface area contributed by atoms with Crippen molar-refractivity contribution < 1.29 is 4.79 Å². The maximum atomic E-state index is 11.8. The Labute approximate surface area is 115 Å². The van der Waals surface area contributed by atoms with E-state index in [1.165, 1.54) is 5.56 Å². The number of hydrogen-bond acceptors (Lipinski definition) is 1. The van der Waals surface area contributed by atoms with Crippen molar-refractivity contribution in [2.75, 3.05) is 0 Å². The molecule has 0 fully saturated rings. The second-order valence-corrected chi connectivity index (χ2v) is 5.37. The van der Waals surface area contributed by atoms with E-state index in [9.17, 15) is 4.79 Å². The molecule has 0 aliphatic rings. The first kappa shape index (κ1) is 13.6. The van der Waals surface area contributed by atoms with Crippen LogP contribution >= 0.6 is 0 Å². The summed E-state index contributed by atoms with van der Waals surface area (Å²) in [4.78, 5) is 11.8. The summed E-state index contributed by atoms with van der Waals surface area (Å²) in [6.45, 7) is 8.77. The fourth-order valence-corrected chi connectivity index (χ4v) is 2.52. The first-order valence-corrected chi connectivity index (χ1v) is 6.75. The topological polar surface area (TPSA) is 22.0 Å². The van der Waals surface area contributed by atoms with Crippen LogP contribution in [0.1, 0.15) is 53.9 Å². The molecule has 0 saturated carbocycles. The second-order valence-electron chi connectivity index (χ2n) is 5.37. The highest BCUT2D eigenvalue weighted by Crippen LogP contribution is 2.25. The SMILES string of the molecule is CC(=O)c1c(C(C)C)cn(Cc2ccccc2)c1C. The third kappa shape index (κ3) is 2.78. The van der Waals surface area contributed by atoms with Crippen molar-refractivity contribution in [3.05, 3.63) is 58.9 Å². The van der Waals surface area contributed by atoms with E-state index in [4.69, 9.17) is 0 Å². The van der Waals surface area contributed by atoms with E-state index in [2.05, 4.69) is 36.7 Å². The molecule has 0 N–H and O–H groups in total. The summed E-state index contributed by atoms with van der Waals surface area (Å²) in [5, 5.41) is 0. The first-order valence-electron chi connectivity index (χ1n) is 6.75. The summed E-state index contributed by atoms with van der Waals surface area (Å²) >= 11 is 0. The van der Waals surface area contributed by atoms with Crippen LogP contribution in [0.4, 0.5) is 0 Å². The standard InChI is InChI=1S/C17H21NO/c1-12(2)16-11-18(13(3)17(16)14(4)19)10-15-8-6-5-7-9-15/h5-9,11-12H,10H2,1-4H3. The molecule has 1 aromatic carbocycles. The molecule has 2 aromatic rings. The van der Waals surface area contributed by atoms with Crippen LogP contribution in [0, 0.1) is 6.92 Å². The minimum Gasteiger partial charge on any atom is -0.346 e. The molecule has 0 amide bonds. The molecule has 0 saturated heterocycles. The van der Waals surface area contributed by atoms with Crippen molar-refractivity contribution in [1.29, 1.82) is 0 Å². The smallest absolute Gasteiger partial charge is 0.161 e. The van der Waals surface area contributed by atoms with Crippen LogP contribution in [0.2, 0.25) is 0 Å². The Kier molecular flexibility index (Phi) is 3.89. The summed E-state index contributed by atoms with van der Waals surface area (Å²) in [6, 6.07) is 10.3. The number of ketones is 1. The molecule has 2 rings (SSSR count). The molecule has 0 bridgehead atoms. The van der Waals surface area contributed by atoms with Crippen molar-refractivity contribution in [2.24, 2.45) is 0 Å². The number of carbonyl (C=O) groups excluding carboxylic acids is 1. The molecule has 0 aliphatic carbocycles. The normalized spacial score (nSPS) is 11.0. The fraction of sp³-hybridized carbons (Fsp3) is 0.353. The molecule has 0 spiro atoms. The molecule has 0 unspecified atom stereocenters. The summed E-state index contributed by atoms with van der Waals surface area (Å²) < 4.78 is 2.18. The van der Waals surface area contributed by atoms with Gasteiger partial charge in [-0.25, -0.2) is 0 Å². The zero-order chi connectivity index (χ0) is 14.0. The van der Waals surface area contributed by atoms with Crippen LogP contribution in [0.15, 0.2) is 36.5 Å². The van der Waals surface area contributed by atoms with Crippen LogP contribution < -0.4 is 0 Å². The number of benzene rings is 1. The molecular weight excluding hydrogens is 234 g/mol. The van der Waals surface area contributed by atoms with Gasteiger partial charge in [0, 0.05) is 24.0 Å². The van der Waals surface area contributed by atoms with Crippen molar-refractivity contribution in [3.8, 4) is 0 Å². The second kappa shape index (κ2) is 5.43. The summed E-state index contributed by atoms with van der Waals surface area (Å²) in [5.74, 6) is 0.530. The highest BCUT2D eigenvalue weighted by molar-refractivity contribution is 5.97. The van der Waals surface area contributed by atoms with Crippen molar-refractivity contribution in [3.63, 3.8) is 0 Å². The zero-order valence-corrected chi connectivity index (χ0v) is 12.1. The third-order valence-corrected chi connectivity index (χ3v) is 3.55. The Balaban J connectivity index is 2.42. The molecule has 100 valence electrons. The van der Waals surface area contributed by atoms with Gasteiger partial charge in [0.25, 0.3) is 0 Å². The Bertz CT molecular complexity index is 579. The van der Waals surface area contributed by atoms with Crippen LogP contribution in [0.3, 0.4) is 0 Å². The number of nitrogens with zero attached hydrogens (tertiary/aromatic N) is 1. The zero-order valence-electron chi connectivity index (χ0n) is 12.1. The van der Waals surface area contributed by atoms with Gasteiger partial charge in [0.1, 0.15) is 0 Å². The number of hydrogen-bond donors (Lipinski definition) is 0. The monoisotopic (exact) mass is 255 g/mol. The van der Waals surface area contributed by atoms with E-state index >= 15 is 0 Å². The van der Waals surface area contributed by atoms with Crippen molar-refractivity contribution in [2.45, 2.75) is 40.2 Å². The number of rotatable bonds is 4. The van der Waals surface area contributed by atoms with Gasteiger partial charge in [-0.2, -0.15) is 0 Å². The lowest BCUT2D eigenvalue weighted by atomic mass is 9.98. The molecule has 2 heteroatoms. The highest BCUT2D eigenvalue weighted by Gasteiger charge is 2.18. The lowest BCUT2D eigenvalue weighted by Crippen LogP contribution is -2.03. The fourth-order valence-electron chi connectivity index (χ4n) is 2.52. The van der Waals surface area contributed by atoms with E-state index in [1.807, 2.05) is 25.1 Å². The highest BCUT2D eigenvalue weighted by atomic mass is 16.1. The largest absolute Gasteiger partial charge is 0.346 e. The average molecular weight is 255 g/mol. The third-order valence-electron chi connectivity index (χ3n) is 3.55. The van der Waals surface area contributed by atoms with Gasteiger partial charge >= 0.3 is 0 Å². The molecule has 1 aromatic heterocycles. The molecule has 0 radical (unpaired) electrons. The van der Waals surface area contributed by atoms with Crippen molar-refractivity contribution >= 4 is 5.78 Å². The van der Waals surface area contributed by atoms with E-state index in [1.54, 1.807) is 6.92 Å². The van der Waals surface area contributed by atoms with Crippen LogP contribution in [0.25, 0.3) is 0 Å². The molecule has 0 aliphatic heterocycles. The van der Waals surface area contributed by atoms with Gasteiger partial charge in [-0.3, -0.25) is 4.79 Å². The molecule has 19 heavy (non-hydrogen) atoms. The van der Waals surface area contributed by atoms with Gasteiger partial charge in [0.15, 0.2) is 5.78 Å². The predicted octanol–water partition coefficient (Wildman–Crippen LogP) is 4.17. The van der Waals surface area contributed by atoms with Crippen LogP contribution in [-0.2, 0) is 6.54 Å². The lowest BCUT2D eigenvalue weighted by Gasteiger charge is -2.06. The van der Waals surface area contributed by atoms with Gasteiger partial charge in [-0.15, -0.1) is 0 Å². The number of carbonyl (C=O) groups is 1. The van der Waals surface area contributed by atoms with Gasteiger partial charge in [-0.05, 0) is 30.9 Å². The van der Waals surface area contributed by atoms with E-state index in [-0.39, 0.29) is 5.78 Å². The van der Waals surface area contributed by atoms with Gasteiger partial charge in [0.2, 0.25) is 0 Å². The van der Waals surface area contributed by atoms with E-state index in [0.717, 1.165) is 23.4 Å². The molecule has 2 nitrogen and oxygen atoms in total. The maximum absolute atomic E-state index is 11.8. The van der Waals surface area contributed by atoms with Crippen molar-refractivity contribution in [1.82, 2.24) is 4.57 Å². The summed E-state index contributed by atoms with van der Waals surface area (Å²) in [6.07, 6.45) is 2.13. The van der Waals surface area contributed by atoms with Crippen LogP contribution in [0.5, 0.6) is 0 Å². The number of Topliss-reactive ketones (excluding diaryl/α,β-unsaturated/α-hetero) is 1. The Morgan fingerprint density at radius 1 is 1.21 bits per heavy atom. The predicted molar refractivity (Wildman–Crippen MR) is 78.8 cm³/mol. The molecule has 0 atom stereocenters. The maximum Gasteiger partial charge on any atom is 0.161 e. The molecular formula is C17H21NO. The Hall–Kier alpha value is -1.83. The van der Waals surface area contributed by atoms with Gasteiger partial charge < -0.3 is 4.57 Å². The van der Waals surface area contributed by atoms with Crippen LogP contribution in [-0.4, -0.2) is 10.4 Å². The quantitative estimate of drug-likeness (QED) is 0.751. The van der Waals surface area contributed by atoms with E-state index in [0.29, 0.717) is 5.92 Å². The lowest BCUT2D eigenvalue weighted by molar-refractivity contribution is 0.101. The number of aromatic nitrogens is 1. The average Bonchev–Trinajstić information content (AvgIpc) is 2.68. The molecule has 1 heterocycles. The van der Waals surface area contributed by atoms with Gasteiger partial charge in [-0.1, -0.05) is 44.2 Å². The Morgan fingerprint density at radius 2 is 1.84 bits per heavy atom.